The second kappa shape index (κ2) is 27.4. The molecule has 0 aliphatic carbocycles. The molecule has 14 rings (SSSR count). The summed E-state index contributed by atoms with van der Waals surface area (Å²) < 4.78 is 7.41. The van der Waals surface area contributed by atoms with Crippen LogP contribution in [-0.2, 0) is 0 Å². The van der Waals surface area contributed by atoms with Crippen molar-refractivity contribution < 1.29 is 14.4 Å². The monoisotopic (exact) mass is 1340 g/mol. The van der Waals surface area contributed by atoms with Gasteiger partial charge in [0.05, 0.1) is 94.4 Å². The van der Waals surface area contributed by atoms with E-state index in [2.05, 4.69) is 56.1 Å². The van der Waals surface area contributed by atoms with Crippen LogP contribution in [0.25, 0.3) is 61.1 Å². The third kappa shape index (κ3) is 12.6. The van der Waals surface area contributed by atoms with Crippen molar-refractivity contribution in [2.24, 2.45) is 0 Å². The van der Waals surface area contributed by atoms with Gasteiger partial charge >= 0.3 is 0 Å². The van der Waals surface area contributed by atoms with Crippen molar-refractivity contribution in [3.8, 4) is 17.1 Å². The molecule has 0 bridgehead atoms. The van der Waals surface area contributed by atoms with Gasteiger partial charge < -0.3 is 21.7 Å². The van der Waals surface area contributed by atoms with E-state index in [1.165, 1.54) is 30.6 Å². The lowest BCUT2D eigenvalue weighted by Gasteiger charge is -2.20. The molecule has 0 aliphatic rings. The van der Waals surface area contributed by atoms with E-state index in [1.54, 1.807) is 155 Å². The van der Waals surface area contributed by atoms with Crippen LogP contribution in [0.4, 0.5) is 5.82 Å². The standard InChI is InChI=1S/C24H19ClN6O2.C23H18ClN7O2.C22H18ClN5O2/c1-14-19(22-26-12-7-13-30(22)29-14)23(32)27-15(2)21-28-18-11-6-10-17(25)20(18)24(33)31(21)16-8-4-3-5-9-16;1-13(27-22(32)18-19(25)29-30-12-6-11-26-21(18)30)20-28-16-10-5-9-15(24)17(16)23(33)31(20)14-7-3-2-4-8-14;1-13-19(25-12-11-24-13)21(29)26-14(2)20-27-17-10-6-9-16(23)18(17)22(30)28(20)15-7-4-3-5-8-15/h3-13,15H,1-2H3,(H,27,32);2-13H,1H3,(H2,25,29)(H,27,32);3-12,14H,1-2H3,(H,26,29)/t15-;13-;14-/m000/s1. The van der Waals surface area contributed by atoms with E-state index in [4.69, 9.17) is 45.5 Å². The van der Waals surface area contributed by atoms with E-state index < -0.39 is 29.9 Å². The maximum atomic E-state index is 13.5. The molecule has 3 atom stereocenters. The van der Waals surface area contributed by atoms with Gasteiger partial charge in [0.25, 0.3) is 34.4 Å². The van der Waals surface area contributed by atoms with Crippen molar-refractivity contribution in [3.63, 3.8) is 0 Å². The Morgan fingerprint density at radius 1 is 0.417 bits per heavy atom. The molecule has 0 aliphatic heterocycles. The van der Waals surface area contributed by atoms with Gasteiger partial charge in [0.1, 0.15) is 34.3 Å². The van der Waals surface area contributed by atoms with Gasteiger partial charge in [-0.05, 0) is 120 Å². The SMILES string of the molecule is C[C@H](NC(=O)c1c(N)nn2cccnc12)c1nc2cccc(Cl)c2c(=O)n1-c1ccccc1.Cc1nccnc1C(=O)N[C@@H](C)c1nc2cccc(Cl)c2c(=O)n1-c1ccccc1.Cc1nn2cccnc2c1C(=O)N[C@@H](C)c1nc2cccc(Cl)c2c(=O)n1-c1ccccc1. The predicted octanol–water partition coefficient (Wildman–Crippen LogP) is 10.7. The highest BCUT2D eigenvalue weighted by atomic mass is 35.5. The number of amides is 3. The van der Waals surface area contributed by atoms with E-state index in [0.717, 1.165) is 0 Å². The summed E-state index contributed by atoms with van der Waals surface area (Å²) in [6, 6.07) is 44.2. The second-order valence-electron chi connectivity index (χ2n) is 21.8. The minimum absolute atomic E-state index is 0.0529. The van der Waals surface area contributed by atoms with Crippen LogP contribution < -0.4 is 38.4 Å². The number of benzene rings is 6. The first-order valence-corrected chi connectivity index (χ1v) is 30.9. The lowest BCUT2D eigenvalue weighted by Crippen LogP contribution is -2.34. The van der Waals surface area contributed by atoms with Crippen molar-refractivity contribution in [3.05, 3.63) is 287 Å². The number of nitrogens with one attached hydrogen (secondary N) is 3. The quantitative estimate of drug-likeness (QED) is 0.0883. The highest BCUT2D eigenvalue weighted by Crippen LogP contribution is 2.28. The number of nitrogens with two attached hydrogens (primary N) is 1. The highest BCUT2D eigenvalue weighted by molar-refractivity contribution is 6.36. The highest BCUT2D eigenvalue weighted by Gasteiger charge is 2.28. The number of hydrogen-bond acceptors (Lipinski definition) is 16. The Labute approximate surface area is 559 Å². The molecule has 478 valence electrons. The first kappa shape index (κ1) is 64.3. The number of nitrogen functional groups attached to an aromatic ring is 1. The van der Waals surface area contributed by atoms with Crippen LogP contribution in [-0.4, -0.2) is 85.5 Å². The number of carbonyl (C=O) groups is 3. The average Bonchev–Trinajstić information content (AvgIpc) is 1.15. The number of carbonyl (C=O) groups excluding carboxylic acids is 3. The van der Waals surface area contributed by atoms with Gasteiger partial charge in [-0.15, -0.1) is 5.10 Å². The second-order valence-corrected chi connectivity index (χ2v) is 23.0. The van der Waals surface area contributed by atoms with E-state index in [1.807, 2.05) is 66.7 Å². The van der Waals surface area contributed by atoms with Gasteiger partial charge in [-0.25, -0.2) is 38.9 Å². The van der Waals surface area contributed by atoms with Crippen LogP contribution in [0.2, 0.25) is 15.1 Å². The molecule has 0 saturated carbocycles. The summed E-state index contributed by atoms with van der Waals surface area (Å²) in [5, 5.41) is 19.1. The van der Waals surface area contributed by atoms with E-state index in [-0.39, 0.29) is 39.7 Å². The molecular weight excluding hydrogens is 1280 g/mol. The molecule has 5 N–H and O–H groups in total. The summed E-state index contributed by atoms with van der Waals surface area (Å²) in [5.74, 6) is -0.0580. The Morgan fingerprint density at radius 2 is 0.781 bits per heavy atom. The van der Waals surface area contributed by atoms with Crippen molar-refractivity contribution in [1.82, 2.24) is 83.8 Å². The fourth-order valence-electron chi connectivity index (χ4n) is 11.0. The molecule has 3 amide bonds. The Hall–Kier alpha value is -11.9. The number of halogens is 3. The molecule has 27 heteroatoms. The van der Waals surface area contributed by atoms with Crippen molar-refractivity contribution >= 4 is 102 Å². The lowest BCUT2D eigenvalue weighted by molar-refractivity contribution is 0.0925. The number of fused-ring (bicyclic) bond motifs is 5. The minimum Gasteiger partial charge on any atom is -0.381 e. The summed E-state index contributed by atoms with van der Waals surface area (Å²) in [6.45, 7) is 8.75. The topological polar surface area (TPSA) is 304 Å². The zero-order valence-corrected chi connectivity index (χ0v) is 53.9. The largest absolute Gasteiger partial charge is 0.381 e. The molecule has 24 nitrogen and oxygen atoms in total. The van der Waals surface area contributed by atoms with Gasteiger partial charge in [0.15, 0.2) is 17.1 Å². The normalized spacial score (nSPS) is 12.1. The molecule has 0 unspecified atom stereocenters. The maximum absolute atomic E-state index is 13.5. The lowest BCUT2D eigenvalue weighted by atomic mass is 10.1. The van der Waals surface area contributed by atoms with Crippen LogP contribution in [0.1, 0.15) is 99.0 Å². The molecule has 6 aromatic carbocycles. The number of hydrogen-bond donors (Lipinski definition) is 4. The van der Waals surface area contributed by atoms with Crippen LogP contribution in [0.15, 0.2) is 209 Å². The van der Waals surface area contributed by atoms with E-state index in [9.17, 15) is 28.8 Å². The summed E-state index contributed by atoms with van der Waals surface area (Å²) in [6.07, 6.45) is 9.54. The summed E-state index contributed by atoms with van der Waals surface area (Å²) in [5.41, 5.74) is 10.9. The number of aryl methyl sites for hydroxylation is 2. The predicted molar refractivity (Wildman–Crippen MR) is 367 cm³/mol. The van der Waals surface area contributed by atoms with Crippen LogP contribution >= 0.6 is 34.8 Å². The van der Waals surface area contributed by atoms with Gasteiger partial charge in [-0.2, -0.15) is 5.10 Å². The third-order valence-corrected chi connectivity index (χ3v) is 16.4. The Morgan fingerprint density at radius 3 is 1.19 bits per heavy atom. The summed E-state index contributed by atoms with van der Waals surface area (Å²) in [7, 11) is 0. The Bertz CT molecular complexity index is 5300. The number of para-hydroxylation sites is 3. The molecular formula is C69H55Cl3N18O6. The summed E-state index contributed by atoms with van der Waals surface area (Å²) in [4.78, 5) is 110. The number of rotatable bonds is 12. The fraction of sp³-hybridized carbons (Fsp3) is 0.116. The number of anilines is 1. The smallest absolute Gasteiger partial charge is 0.272 e. The Balaban J connectivity index is 0.000000138. The molecule has 96 heavy (non-hydrogen) atoms. The first-order valence-electron chi connectivity index (χ1n) is 29.8. The zero-order valence-electron chi connectivity index (χ0n) is 51.6. The molecule has 0 saturated heterocycles. The van der Waals surface area contributed by atoms with Gasteiger partial charge in [0.2, 0.25) is 0 Å². The van der Waals surface area contributed by atoms with Gasteiger partial charge in [-0.1, -0.05) is 108 Å². The van der Waals surface area contributed by atoms with Crippen LogP contribution in [0, 0.1) is 13.8 Å². The third-order valence-electron chi connectivity index (χ3n) is 15.4. The van der Waals surface area contributed by atoms with Crippen LogP contribution in [0.5, 0.6) is 0 Å². The van der Waals surface area contributed by atoms with Crippen molar-refractivity contribution in [2.75, 3.05) is 5.73 Å². The Kier molecular flexibility index (Phi) is 18.3. The molecule has 0 fully saturated rings. The molecule has 0 radical (unpaired) electrons. The van der Waals surface area contributed by atoms with E-state index >= 15 is 0 Å². The number of nitrogens with zero attached hydrogens (tertiary/aromatic N) is 14. The fourth-order valence-corrected chi connectivity index (χ4v) is 11.7. The van der Waals surface area contributed by atoms with E-state index in [0.29, 0.717) is 111 Å². The average molecular weight is 1340 g/mol. The van der Waals surface area contributed by atoms with Gasteiger partial charge in [-0.3, -0.25) is 47.5 Å². The molecule has 8 aromatic heterocycles. The first-order chi connectivity index (χ1) is 46.4. The van der Waals surface area contributed by atoms with Crippen molar-refractivity contribution in [2.45, 2.75) is 52.7 Å². The molecule has 0 spiro atoms. The molecule has 8 heterocycles. The number of aromatic nitrogens is 14. The maximum Gasteiger partial charge on any atom is 0.272 e. The molecule has 14 aromatic rings. The van der Waals surface area contributed by atoms with Gasteiger partial charge in [0, 0.05) is 37.2 Å². The summed E-state index contributed by atoms with van der Waals surface area (Å²) >= 11 is 19.0. The zero-order chi connectivity index (χ0) is 67.5. The minimum atomic E-state index is -0.660. The van der Waals surface area contributed by atoms with Crippen LogP contribution in [0.3, 0.4) is 0 Å². The van der Waals surface area contributed by atoms with Crippen molar-refractivity contribution in [1.29, 1.82) is 0 Å².